The van der Waals surface area contributed by atoms with Crippen molar-refractivity contribution in [3.63, 3.8) is 0 Å². The Morgan fingerprint density at radius 1 is 1.26 bits per heavy atom. The molecule has 5 aliphatic heterocycles. The molecule has 1 unspecified atom stereocenters. The van der Waals surface area contributed by atoms with E-state index in [1.807, 2.05) is 32.6 Å². The Hall–Kier alpha value is -2.92. The lowest BCUT2D eigenvalue weighted by atomic mass is 9.94. The van der Waals surface area contributed by atoms with Crippen molar-refractivity contribution in [3.8, 4) is 11.9 Å². The highest BCUT2D eigenvalue weighted by atomic mass is 35.5. The van der Waals surface area contributed by atoms with Gasteiger partial charge < -0.3 is 19.1 Å². The molecule has 0 aromatic carbocycles. The molecule has 2 aromatic heterocycles. The molecule has 4 saturated heterocycles. The molecule has 5 atom stereocenters. The van der Waals surface area contributed by atoms with Crippen LogP contribution in [-0.4, -0.2) is 92.5 Å². The van der Waals surface area contributed by atoms with Gasteiger partial charge in [-0.05, 0) is 65.8 Å². The van der Waals surface area contributed by atoms with E-state index < -0.39 is 11.4 Å². The number of rotatable bonds is 4. The fourth-order valence-electron chi connectivity index (χ4n) is 7.88. The molecule has 0 N–H and O–H groups in total. The topological polar surface area (TPSA) is 93.2 Å². The van der Waals surface area contributed by atoms with Crippen LogP contribution in [0.3, 0.4) is 0 Å². The van der Waals surface area contributed by atoms with E-state index in [0.717, 1.165) is 45.2 Å². The van der Waals surface area contributed by atoms with Crippen molar-refractivity contribution in [2.75, 3.05) is 31.1 Å². The van der Waals surface area contributed by atoms with Crippen LogP contribution in [0.25, 0.3) is 10.9 Å². The maximum atomic E-state index is 15.6. The number of piperazine rings is 1. The highest BCUT2D eigenvalue weighted by Crippen LogP contribution is 2.47. The average molecular weight is 601 g/mol. The van der Waals surface area contributed by atoms with Crippen LogP contribution < -0.4 is 14.4 Å². The number of carbonyl (C=O) groups excluding carboxylic acids is 1. The van der Waals surface area contributed by atoms with Gasteiger partial charge in [0.1, 0.15) is 35.0 Å². The van der Waals surface area contributed by atoms with Gasteiger partial charge in [-0.25, -0.2) is 9.18 Å². The van der Waals surface area contributed by atoms with Gasteiger partial charge in [-0.3, -0.25) is 9.80 Å². The van der Waals surface area contributed by atoms with Gasteiger partial charge in [0, 0.05) is 13.1 Å². The summed E-state index contributed by atoms with van der Waals surface area (Å²) in [5.74, 6) is -0.0258. The van der Waals surface area contributed by atoms with E-state index in [-0.39, 0.29) is 58.4 Å². The predicted molar refractivity (Wildman–Crippen MR) is 156 cm³/mol. The Morgan fingerprint density at radius 2 is 2.07 bits per heavy atom. The zero-order valence-corrected chi connectivity index (χ0v) is 25.4. The number of carbonyl (C=O) groups is 1. The maximum Gasteiger partial charge on any atom is 0.410 e. The number of ether oxygens (including phenoxy) is 3. The van der Waals surface area contributed by atoms with Gasteiger partial charge in [0.25, 0.3) is 0 Å². The van der Waals surface area contributed by atoms with Gasteiger partial charge in [0.15, 0.2) is 11.0 Å². The fraction of sp³-hybridized carbons (Fsp3) is 0.667. The maximum absolute atomic E-state index is 15.6. The molecule has 0 saturated carbocycles. The molecule has 0 aliphatic carbocycles. The summed E-state index contributed by atoms with van der Waals surface area (Å²) in [6.07, 6.45) is 4.55. The summed E-state index contributed by atoms with van der Waals surface area (Å²) in [6, 6.07) is -0.428. The molecule has 7 heterocycles. The van der Waals surface area contributed by atoms with Crippen LogP contribution in [0, 0.1) is 5.82 Å². The minimum Gasteiger partial charge on any atom is -0.471 e. The van der Waals surface area contributed by atoms with Crippen molar-refractivity contribution >= 4 is 34.4 Å². The fourth-order valence-corrected chi connectivity index (χ4v) is 8.04. The number of pyridine rings is 1. The summed E-state index contributed by atoms with van der Waals surface area (Å²) in [7, 11) is 0. The van der Waals surface area contributed by atoms with Gasteiger partial charge >= 0.3 is 12.1 Å². The van der Waals surface area contributed by atoms with E-state index >= 15 is 4.39 Å². The van der Waals surface area contributed by atoms with E-state index in [1.54, 1.807) is 0 Å². The van der Waals surface area contributed by atoms with Gasteiger partial charge in [-0.1, -0.05) is 30.7 Å². The molecule has 1 amide bonds. The number of hydrogen-bond donors (Lipinski definition) is 0. The monoisotopic (exact) mass is 600 g/mol. The Labute approximate surface area is 250 Å². The molecular formula is C30H38ClFN6O4. The smallest absolute Gasteiger partial charge is 0.410 e. The lowest BCUT2D eigenvalue weighted by molar-refractivity contribution is -0.000591. The summed E-state index contributed by atoms with van der Waals surface area (Å²) in [5.41, 5.74) is 0.471. The normalized spacial score (nSPS) is 30.3. The molecule has 12 heteroatoms. The minimum absolute atomic E-state index is 0.0269. The van der Waals surface area contributed by atoms with Gasteiger partial charge in [-0.15, -0.1) is 0 Å². The molecule has 5 aliphatic rings. The van der Waals surface area contributed by atoms with Crippen molar-refractivity contribution in [1.82, 2.24) is 24.8 Å². The molecule has 0 spiro atoms. The first-order chi connectivity index (χ1) is 20.0. The van der Waals surface area contributed by atoms with Gasteiger partial charge in [0.2, 0.25) is 5.88 Å². The highest BCUT2D eigenvalue weighted by molar-refractivity contribution is 6.30. The zero-order chi connectivity index (χ0) is 29.6. The first-order valence-electron chi connectivity index (χ1n) is 15.0. The van der Waals surface area contributed by atoms with E-state index in [4.69, 9.17) is 30.8 Å². The summed E-state index contributed by atoms with van der Waals surface area (Å²) in [4.78, 5) is 33.6. The largest absolute Gasteiger partial charge is 0.471 e. The van der Waals surface area contributed by atoms with Gasteiger partial charge in [0.05, 0.1) is 23.7 Å². The van der Waals surface area contributed by atoms with Crippen LogP contribution in [0.15, 0.2) is 12.2 Å². The van der Waals surface area contributed by atoms with Crippen LogP contribution in [-0.2, 0) is 4.74 Å². The highest BCUT2D eigenvalue weighted by Gasteiger charge is 2.54. The predicted octanol–water partition coefficient (Wildman–Crippen LogP) is 5.12. The van der Waals surface area contributed by atoms with Crippen LogP contribution in [0.4, 0.5) is 15.0 Å². The Morgan fingerprint density at radius 3 is 2.83 bits per heavy atom. The lowest BCUT2D eigenvalue weighted by Crippen LogP contribution is -2.65. The van der Waals surface area contributed by atoms with E-state index in [1.165, 1.54) is 5.57 Å². The second-order valence-corrected chi connectivity index (χ2v) is 13.8. The van der Waals surface area contributed by atoms with Crippen molar-refractivity contribution in [3.05, 3.63) is 23.1 Å². The molecule has 7 rings (SSSR count). The molecular weight excluding hydrogens is 563 g/mol. The second kappa shape index (κ2) is 9.80. The van der Waals surface area contributed by atoms with Gasteiger partial charge in [-0.2, -0.15) is 15.0 Å². The summed E-state index contributed by atoms with van der Waals surface area (Å²) < 4.78 is 34.3. The molecule has 42 heavy (non-hydrogen) atoms. The minimum atomic E-state index is -0.732. The van der Waals surface area contributed by atoms with Crippen LogP contribution in [0.1, 0.15) is 66.2 Å². The van der Waals surface area contributed by atoms with Crippen LogP contribution in [0.5, 0.6) is 11.9 Å². The number of halogens is 2. The number of nitrogens with zero attached hydrogens (tertiary/aromatic N) is 6. The quantitative estimate of drug-likeness (QED) is 0.350. The molecule has 226 valence electrons. The SMILES string of the molecule is C=C1CN2CCCC2(COc2nc3c4c(nc(Cl)c(F)c4n2)O[C@@H](CC)[C@@H]2[C@@H]4CC[C@H](CN32)N4C(=O)OC(C)(C)C)C1. The summed E-state index contributed by atoms with van der Waals surface area (Å²) >= 11 is 6.29. The number of anilines is 1. The Kier molecular flexibility index (Phi) is 6.51. The number of hydrogen-bond acceptors (Lipinski definition) is 9. The third kappa shape index (κ3) is 4.37. The van der Waals surface area contributed by atoms with Crippen LogP contribution >= 0.6 is 11.6 Å². The Bertz CT molecular complexity index is 1470. The van der Waals surface area contributed by atoms with Crippen molar-refractivity contribution in [2.45, 2.75) is 102 Å². The van der Waals surface area contributed by atoms with Crippen molar-refractivity contribution < 1.29 is 23.4 Å². The molecule has 0 radical (unpaired) electrons. The van der Waals surface area contributed by atoms with E-state index in [9.17, 15) is 4.79 Å². The molecule has 4 fully saturated rings. The third-order valence-corrected chi connectivity index (χ3v) is 9.76. The number of amides is 1. The zero-order valence-electron chi connectivity index (χ0n) is 24.7. The third-order valence-electron chi connectivity index (χ3n) is 9.51. The van der Waals surface area contributed by atoms with Crippen LogP contribution in [0.2, 0.25) is 5.15 Å². The lowest BCUT2D eigenvalue weighted by Gasteiger charge is -2.48. The van der Waals surface area contributed by atoms with E-state index in [0.29, 0.717) is 30.8 Å². The second-order valence-electron chi connectivity index (χ2n) is 13.4. The standard InChI is InChI=1S/C30H38ClFN6O4/c1-6-19-23-18-9-8-17(38(18)28(39)42-29(3,4)5)14-37(23)25-20-22(21(32)24(31)34-26(20)41-19)33-27(35-25)40-15-30-10-7-11-36(30)13-16(2)12-30/h17-19,23H,2,6-15H2,1,3-5H3/t17-,18+,19+,23+,30?/m1/s1. The number of aromatic nitrogens is 3. The Balaban J connectivity index is 1.30. The van der Waals surface area contributed by atoms with E-state index in [2.05, 4.69) is 26.3 Å². The summed E-state index contributed by atoms with van der Waals surface area (Å²) in [5, 5.41) is 0.0672. The molecule has 2 aromatic rings. The molecule has 10 nitrogen and oxygen atoms in total. The van der Waals surface area contributed by atoms with Crippen molar-refractivity contribution in [2.24, 2.45) is 0 Å². The number of fused-ring (bicyclic) bond motifs is 6. The summed E-state index contributed by atoms with van der Waals surface area (Å²) in [6.45, 7) is 14.6. The van der Waals surface area contributed by atoms with Crippen molar-refractivity contribution in [1.29, 1.82) is 0 Å². The first-order valence-corrected chi connectivity index (χ1v) is 15.4. The first kappa shape index (κ1) is 27.9. The molecule has 2 bridgehead atoms. The average Bonchev–Trinajstić information content (AvgIpc) is 3.53.